The van der Waals surface area contributed by atoms with E-state index in [1.54, 1.807) is 0 Å². The topological polar surface area (TPSA) is 15.3 Å². The summed E-state index contributed by atoms with van der Waals surface area (Å²) in [4.78, 5) is 2.37. The van der Waals surface area contributed by atoms with E-state index < -0.39 is 5.41 Å². The minimum absolute atomic E-state index is 0.469. The lowest BCUT2D eigenvalue weighted by atomic mass is 9.70. The number of hydrogen-bond donors (Lipinski definition) is 1. The van der Waals surface area contributed by atoms with E-state index in [1.807, 2.05) is 0 Å². The molecule has 2 nitrogen and oxygen atoms in total. The van der Waals surface area contributed by atoms with E-state index in [0.29, 0.717) is 0 Å². The van der Waals surface area contributed by atoms with Crippen LogP contribution in [-0.4, -0.2) is 0 Å². The molecule has 0 bridgehead atoms. The Hall–Kier alpha value is -6.38. The van der Waals surface area contributed by atoms with Crippen LogP contribution in [0.25, 0.3) is 33.0 Å². The van der Waals surface area contributed by atoms with Gasteiger partial charge in [-0.1, -0.05) is 133 Å². The number of benzene rings is 8. The Morgan fingerprint density at radius 1 is 0.367 bits per heavy atom. The molecule has 1 spiro atoms. The van der Waals surface area contributed by atoms with Crippen molar-refractivity contribution in [3.63, 3.8) is 0 Å². The summed E-state index contributed by atoms with van der Waals surface area (Å²) >= 11 is 0. The molecule has 1 N–H and O–H groups in total. The first-order chi connectivity index (χ1) is 24.3. The summed E-state index contributed by atoms with van der Waals surface area (Å²) in [5.41, 5.74) is 15.6. The Morgan fingerprint density at radius 2 is 0.898 bits per heavy atom. The Balaban J connectivity index is 1.22. The Bertz CT molecular complexity index is 2480. The summed E-state index contributed by atoms with van der Waals surface area (Å²) in [6, 6.07) is 68.5. The van der Waals surface area contributed by atoms with Gasteiger partial charge in [-0.05, 0) is 104 Å². The molecule has 1 atom stereocenters. The predicted molar refractivity (Wildman–Crippen MR) is 205 cm³/mol. The molecule has 10 rings (SSSR count). The van der Waals surface area contributed by atoms with Crippen molar-refractivity contribution >= 4 is 39.2 Å². The Morgan fingerprint density at radius 3 is 1.59 bits per heavy atom. The van der Waals surface area contributed by atoms with Crippen molar-refractivity contribution in [1.29, 1.82) is 0 Å². The van der Waals surface area contributed by atoms with Gasteiger partial charge in [-0.2, -0.15) is 0 Å². The van der Waals surface area contributed by atoms with Gasteiger partial charge in [0.1, 0.15) is 0 Å². The van der Waals surface area contributed by atoms with Crippen molar-refractivity contribution in [2.24, 2.45) is 0 Å². The van der Waals surface area contributed by atoms with Gasteiger partial charge in [-0.3, -0.25) is 0 Å². The molecule has 1 unspecified atom stereocenters. The number of hydrogen-bond acceptors (Lipinski definition) is 2. The van der Waals surface area contributed by atoms with E-state index in [4.69, 9.17) is 0 Å². The van der Waals surface area contributed by atoms with Gasteiger partial charge < -0.3 is 10.2 Å². The molecule has 0 saturated heterocycles. The summed E-state index contributed by atoms with van der Waals surface area (Å²) in [6.45, 7) is 0. The van der Waals surface area contributed by atoms with Crippen molar-refractivity contribution in [2.75, 3.05) is 10.2 Å². The third-order valence-corrected chi connectivity index (χ3v) is 10.4. The molecule has 230 valence electrons. The minimum Gasteiger partial charge on any atom is -0.355 e. The second kappa shape index (κ2) is 10.8. The summed E-state index contributed by atoms with van der Waals surface area (Å²) < 4.78 is 0. The van der Waals surface area contributed by atoms with Crippen LogP contribution in [0.4, 0.5) is 28.4 Å². The van der Waals surface area contributed by atoms with Gasteiger partial charge in [0.05, 0.1) is 5.41 Å². The standard InChI is InChI=1S/C47H32N2/c1-3-16-34(17-4-1)49(35-18-5-2-6-19-35)36-27-29-41-39-22-10-12-24-43(39)47(45(41)31-36)42-23-11-9-21-38(42)40-28-26-33(30-44(40)47)48-46-25-13-15-32-14-7-8-20-37(32)46/h1-31,48H. The van der Waals surface area contributed by atoms with E-state index in [9.17, 15) is 0 Å². The quantitative estimate of drug-likeness (QED) is 0.205. The fourth-order valence-corrected chi connectivity index (χ4v) is 8.44. The normalized spacial score (nSPS) is 15.0. The van der Waals surface area contributed by atoms with E-state index in [1.165, 1.54) is 55.3 Å². The van der Waals surface area contributed by atoms with Crippen LogP contribution >= 0.6 is 0 Å². The zero-order valence-electron chi connectivity index (χ0n) is 26.8. The number of nitrogens with one attached hydrogen (secondary N) is 1. The summed E-state index contributed by atoms with van der Waals surface area (Å²) in [5.74, 6) is 0. The second-order valence-corrected chi connectivity index (χ2v) is 13.0. The highest BCUT2D eigenvalue weighted by molar-refractivity contribution is 5.98. The molecule has 49 heavy (non-hydrogen) atoms. The molecule has 2 aliphatic rings. The number of nitrogens with zero attached hydrogens (tertiary/aromatic N) is 1. The van der Waals surface area contributed by atoms with Crippen LogP contribution in [0, 0.1) is 0 Å². The third-order valence-electron chi connectivity index (χ3n) is 10.4. The fourth-order valence-electron chi connectivity index (χ4n) is 8.44. The SMILES string of the molecule is c1ccc(N(c2ccccc2)c2ccc3c(c2)C2(c4ccccc4-c4ccc(Nc5cccc6ccccc56)cc42)c2ccccc2-3)cc1. The molecule has 8 aromatic rings. The maximum Gasteiger partial charge on any atom is 0.0727 e. The molecule has 0 radical (unpaired) electrons. The van der Waals surface area contributed by atoms with Crippen LogP contribution < -0.4 is 10.2 Å². The molecular formula is C47H32N2. The zero-order chi connectivity index (χ0) is 32.4. The van der Waals surface area contributed by atoms with Crippen LogP contribution in [0.2, 0.25) is 0 Å². The molecular weight excluding hydrogens is 593 g/mol. The van der Waals surface area contributed by atoms with Crippen LogP contribution in [0.15, 0.2) is 188 Å². The maximum atomic E-state index is 3.82. The average Bonchev–Trinajstić information content (AvgIpc) is 3.63. The van der Waals surface area contributed by atoms with E-state index in [2.05, 4.69) is 198 Å². The zero-order valence-corrected chi connectivity index (χ0v) is 26.8. The van der Waals surface area contributed by atoms with Crippen molar-refractivity contribution < 1.29 is 0 Å². The smallest absolute Gasteiger partial charge is 0.0727 e. The molecule has 0 aliphatic heterocycles. The van der Waals surface area contributed by atoms with Gasteiger partial charge in [-0.15, -0.1) is 0 Å². The highest BCUT2D eigenvalue weighted by atomic mass is 15.1. The highest BCUT2D eigenvalue weighted by Gasteiger charge is 2.51. The van der Waals surface area contributed by atoms with Crippen molar-refractivity contribution in [1.82, 2.24) is 0 Å². The lowest BCUT2D eigenvalue weighted by Gasteiger charge is -2.32. The first-order valence-electron chi connectivity index (χ1n) is 16.9. The van der Waals surface area contributed by atoms with Crippen LogP contribution in [-0.2, 0) is 5.41 Å². The Kier molecular flexibility index (Phi) is 6.13. The van der Waals surface area contributed by atoms with Gasteiger partial charge >= 0.3 is 0 Å². The monoisotopic (exact) mass is 624 g/mol. The number of para-hydroxylation sites is 2. The van der Waals surface area contributed by atoms with Gasteiger partial charge in [0.2, 0.25) is 0 Å². The fraction of sp³-hybridized carbons (Fsp3) is 0.0213. The second-order valence-electron chi connectivity index (χ2n) is 13.0. The molecule has 0 aromatic heterocycles. The number of anilines is 5. The van der Waals surface area contributed by atoms with Gasteiger partial charge in [0.15, 0.2) is 0 Å². The molecule has 2 heteroatoms. The lowest BCUT2D eigenvalue weighted by molar-refractivity contribution is 0.794. The predicted octanol–water partition coefficient (Wildman–Crippen LogP) is 12.4. The molecule has 2 aliphatic carbocycles. The minimum atomic E-state index is -0.469. The van der Waals surface area contributed by atoms with Crippen molar-refractivity contribution in [2.45, 2.75) is 5.41 Å². The highest BCUT2D eigenvalue weighted by Crippen LogP contribution is 2.63. The van der Waals surface area contributed by atoms with E-state index in [-0.39, 0.29) is 0 Å². The Labute approximate surface area is 286 Å². The van der Waals surface area contributed by atoms with Gasteiger partial charge in [0, 0.05) is 33.8 Å². The van der Waals surface area contributed by atoms with Crippen LogP contribution in [0.3, 0.4) is 0 Å². The first kappa shape index (κ1) is 27.7. The largest absolute Gasteiger partial charge is 0.355 e. The van der Waals surface area contributed by atoms with E-state index >= 15 is 0 Å². The van der Waals surface area contributed by atoms with Crippen molar-refractivity contribution in [3.8, 4) is 22.3 Å². The van der Waals surface area contributed by atoms with Gasteiger partial charge in [0.25, 0.3) is 0 Å². The summed E-state index contributed by atoms with van der Waals surface area (Å²) in [5, 5.41) is 6.26. The first-order valence-corrected chi connectivity index (χ1v) is 16.9. The van der Waals surface area contributed by atoms with Crippen LogP contribution in [0.1, 0.15) is 22.3 Å². The van der Waals surface area contributed by atoms with E-state index in [0.717, 1.165) is 28.4 Å². The van der Waals surface area contributed by atoms with Crippen molar-refractivity contribution in [3.05, 3.63) is 210 Å². The molecule has 0 saturated carbocycles. The molecule has 0 heterocycles. The third kappa shape index (κ3) is 4.07. The van der Waals surface area contributed by atoms with Crippen LogP contribution in [0.5, 0.6) is 0 Å². The number of rotatable bonds is 5. The van der Waals surface area contributed by atoms with Gasteiger partial charge in [-0.25, -0.2) is 0 Å². The average molecular weight is 625 g/mol. The molecule has 8 aromatic carbocycles. The summed E-state index contributed by atoms with van der Waals surface area (Å²) in [7, 11) is 0. The maximum absolute atomic E-state index is 3.82. The number of fused-ring (bicyclic) bond motifs is 11. The summed E-state index contributed by atoms with van der Waals surface area (Å²) in [6.07, 6.45) is 0. The lowest BCUT2D eigenvalue weighted by Crippen LogP contribution is -2.26. The molecule has 0 amide bonds. The molecule has 0 fully saturated rings.